The van der Waals surface area contributed by atoms with E-state index >= 15 is 0 Å². The first-order valence-electron chi connectivity index (χ1n) is 9.39. The monoisotopic (exact) mass is 346 g/mol. The first-order valence-corrected chi connectivity index (χ1v) is 9.39. The minimum atomic E-state index is -0.135. The standard InChI is InChI=1S/C20H30N2O3/c1-3-25-19(23)14-20(22-9-11-24-12-10-22)13-17(2)21(16-20)15-18-7-5-4-6-8-18/h4-8,17H,3,9-16H2,1-2H3. The molecule has 25 heavy (non-hydrogen) atoms. The highest BCUT2D eigenvalue weighted by molar-refractivity contribution is 5.71. The number of likely N-dealkylation sites (tertiary alicyclic amines) is 1. The average molecular weight is 346 g/mol. The topological polar surface area (TPSA) is 42.0 Å². The number of nitrogens with zero attached hydrogens (tertiary/aromatic N) is 2. The molecule has 5 nitrogen and oxygen atoms in total. The lowest BCUT2D eigenvalue weighted by Crippen LogP contribution is -2.56. The highest BCUT2D eigenvalue weighted by atomic mass is 16.5. The fraction of sp³-hybridized carbons (Fsp3) is 0.650. The molecule has 0 spiro atoms. The van der Waals surface area contributed by atoms with E-state index < -0.39 is 0 Å². The van der Waals surface area contributed by atoms with Gasteiger partial charge in [0.2, 0.25) is 0 Å². The molecule has 1 aromatic carbocycles. The molecule has 2 aliphatic rings. The van der Waals surface area contributed by atoms with Crippen molar-refractivity contribution in [2.75, 3.05) is 39.5 Å². The Bertz CT molecular complexity index is 559. The summed E-state index contributed by atoms with van der Waals surface area (Å²) in [5, 5.41) is 0. The molecule has 5 heteroatoms. The van der Waals surface area contributed by atoms with Gasteiger partial charge in [0.25, 0.3) is 0 Å². The quantitative estimate of drug-likeness (QED) is 0.740. The molecule has 0 radical (unpaired) electrons. The van der Waals surface area contributed by atoms with E-state index in [1.165, 1.54) is 5.56 Å². The van der Waals surface area contributed by atoms with Crippen LogP contribution in [0.1, 0.15) is 32.3 Å². The number of carbonyl (C=O) groups is 1. The van der Waals surface area contributed by atoms with Gasteiger partial charge in [0.1, 0.15) is 0 Å². The van der Waals surface area contributed by atoms with E-state index in [4.69, 9.17) is 9.47 Å². The van der Waals surface area contributed by atoms with E-state index in [1.54, 1.807) is 0 Å². The summed E-state index contributed by atoms with van der Waals surface area (Å²) < 4.78 is 10.8. The number of rotatable bonds is 6. The Morgan fingerprint density at radius 2 is 2.00 bits per heavy atom. The van der Waals surface area contributed by atoms with Crippen molar-refractivity contribution in [1.82, 2.24) is 9.80 Å². The van der Waals surface area contributed by atoms with Crippen molar-refractivity contribution in [3.63, 3.8) is 0 Å². The molecule has 0 aromatic heterocycles. The van der Waals surface area contributed by atoms with Gasteiger partial charge in [-0.05, 0) is 25.8 Å². The Hall–Kier alpha value is -1.43. The van der Waals surface area contributed by atoms with Crippen LogP contribution >= 0.6 is 0 Å². The minimum Gasteiger partial charge on any atom is -0.466 e. The second-order valence-corrected chi connectivity index (χ2v) is 7.25. The summed E-state index contributed by atoms with van der Waals surface area (Å²) in [7, 11) is 0. The molecule has 0 N–H and O–H groups in total. The molecular weight excluding hydrogens is 316 g/mol. The lowest BCUT2D eigenvalue weighted by Gasteiger charge is -2.42. The van der Waals surface area contributed by atoms with Crippen molar-refractivity contribution >= 4 is 5.97 Å². The van der Waals surface area contributed by atoms with Crippen LogP contribution in [0.3, 0.4) is 0 Å². The van der Waals surface area contributed by atoms with Gasteiger partial charge < -0.3 is 9.47 Å². The number of carbonyl (C=O) groups excluding carboxylic acids is 1. The van der Waals surface area contributed by atoms with Crippen LogP contribution in [0.4, 0.5) is 0 Å². The third kappa shape index (κ3) is 4.40. The van der Waals surface area contributed by atoms with Gasteiger partial charge in [-0.25, -0.2) is 0 Å². The van der Waals surface area contributed by atoms with Crippen molar-refractivity contribution in [3.8, 4) is 0 Å². The largest absolute Gasteiger partial charge is 0.466 e. The number of hydrogen-bond acceptors (Lipinski definition) is 5. The van der Waals surface area contributed by atoms with Gasteiger partial charge in [0.05, 0.1) is 26.2 Å². The molecule has 1 aromatic rings. The van der Waals surface area contributed by atoms with Crippen LogP contribution < -0.4 is 0 Å². The Kier molecular flexibility index (Phi) is 6.10. The molecule has 0 amide bonds. The van der Waals surface area contributed by atoms with Crippen LogP contribution in [0.2, 0.25) is 0 Å². The molecule has 0 aliphatic carbocycles. The summed E-state index contributed by atoms with van der Waals surface area (Å²) >= 11 is 0. The second-order valence-electron chi connectivity index (χ2n) is 7.25. The minimum absolute atomic E-state index is 0.0808. The third-order valence-corrected chi connectivity index (χ3v) is 5.49. The number of benzene rings is 1. The van der Waals surface area contributed by atoms with E-state index in [0.29, 0.717) is 19.1 Å². The third-order valence-electron chi connectivity index (χ3n) is 5.49. The Balaban J connectivity index is 1.76. The van der Waals surface area contributed by atoms with E-state index in [1.807, 2.05) is 6.92 Å². The van der Waals surface area contributed by atoms with Crippen molar-refractivity contribution in [2.45, 2.75) is 44.8 Å². The lowest BCUT2D eigenvalue weighted by molar-refractivity contribution is -0.147. The number of esters is 1. The molecule has 2 atom stereocenters. The van der Waals surface area contributed by atoms with Gasteiger partial charge in [-0.15, -0.1) is 0 Å². The van der Waals surface area contributed by atoms with Gasteiger partial charge in [-0.2, -0.15) is 0 Å². The number of hydrogen-bond donors (Lipinski definition) is 0. The molecule has 138 valence electrons. The van der Waals surface area contributed by atoms with Gasteiger partial charge >= 0.3 is 5.97 Å². The first-order chi connectivity index (χ1) is 12.1. The molecule has 0 saturated carbocycles. The summed E-state index contributed by atoms with van der Waals surface area (Å²) in [6.45, 7) is 9.71. The SMILES string of the molecule is CCOC(=O)CC1(N2CCOCC2)CC(C)N(Cc2ccccc2)C1. The molecule has 2 aliphatic heterocycles. The second kappa shape index (κ2) is 8.30. The smallest absolute Gasteiger partial charge is 0.307 e. The number of morpholine rings is 1. The summed E-state index contributed by atoms with van der Waals surface area (Å²) in [6, 6.07) is 11.0. The predicted octanol–water partition coefficient (Wildman–Crippen LogP) is 2.30. The van der Waals surface area contributed by atoms with Crippen LogP contribution in [-0.4, -0.2) is 66.8 Å². The predicted molar refractivity (Wildman–Crippen MR) is 97.3 cm³/mol. The molecule has 2 fully saturated rings. The zero-order valence-electron chi connectivity index (χ0n) is 15.4. The molecule has 0 bridgehead atoms. The maximum atomic E-state index is 12.3. The number of ether oxygens (including phenoxy) is 2. The zero-order chi connectivity index (χ0) is 17.7. The Morgan fingerprint density at radius 3 is 2.68 bits per heavy atom. The van der Waals surface area contributed by atoms with E-state index in [0.717, 1.165) is 45.8 Å². The molecule has 2 unspecified atom stereocenters. The van der Waals surface area contributed by atoms with Crippen molar-refractivity contribution in [1.29, 1.82) is 0 Å². The van der Waals surface area contributed by atoms with Crippen LogP contribution in [0, 0.1) is 0 Å². The lowest BCUT2D eigenvalue weighted by atomic mass is 9.89. The van der Waals surface area contributed by atoms with Crippen LogP contribution in [0.5, 0.6) is 0 Å². The average Bonchev–Trinajstić information content (AvgIpc) is 2.93. The molecule has 2 heterocycles. The fourth-order valence-electron chi connectivity index (χ4n) is 4.29. The van der Waals surface area contributed by atoms with E-state index in [2.05, 4.69) is 47.1 Å². The Morgan fingerprint density at radius 1 is 1.28 bits per heavy atom. The van der Waals surface area contributed by atoms with Crippen LogP contribution in [-0.2, 0) is 20.8 Å². The first kappa shape index (κ1) is 18.4. The zero-order valence-corrected chi connectivity index (χ0v) is 15.4. The van der Waals surface area contributed by atoms with Crippen molar-refractivity contribution in [2.24, 2.45) is 0 Å². The normalized spacial score (nSPS) is 28.2. The van der Waals surface area contributed by atoms with Gasteiger partial charge in [0.15, 0.2) is 0 Å². The maximum Gasteiger partial charge on any atom is 0.307 e. The van der Waals surface area contributed by atoms with Crippen molar-refractivity contribution < 1.29 is 14.3 Å². The van der Waals surface area contributed by atoms with Crippen molar-refractivity contribution in [3.05, 3.63) is 35.9 Å². The van der Waals surface area contributed by atoms with E-state index in [-0.39, 0.29) is 11.5 Å². The molecule has 2 saturated heterocycles. The molecular formula is C20H30N2O3. The summed E-state index contributed by atoms with van der Waals surface area (Å²) in [4.78, 5) is 17.3. The summed E-state index contributed by atoms with van der Waals surface area (Å²) in [5.74, 6) is -0.0808. The summed E-state index contributed by atoms with van der Waals surface area (Å²) in [6.07, 6.45) is 1.47. The molecule has 3 rings (SSSR count). The van der Waals surface area contributed by atoms with Gasteiger partial charge in [-0.3, -0.25) is 14.6 Å². The van der Waals surface area contributed by atoms with Crippen LogP contribution in [0.15, 0.2) is 30.3 Å². The fourth-order valence-corrected chi connectivity index (χ4v) is 4.29. The highest BCUT2D eigenvalue weighted by Crippen LogP contribution is 2.37. The van der Waals surface area contributed by atoms with Gasteiger partial charge in [0, 0.05) is 37.8 Å². The Labute approximate surface area is 150 Å². The maximum absolute atomic E-state index is 12.3. The van der Waals surface area contributed by atoms with E-state index in [9.17, 15) is 4.79 Å². The summed E-state index contributed by atoms with van der Waals surface area (Å²) in [5.41, 5.74) is 1.19. The van der Waals surface area contributed by atoms with Crippen LogP contribution in [0.25, 0.3) is 0 Å². The van der Waals surface area contributed by atoms with Gasteiger partial charge in [-0.1, -0.05) is 30.3 Å². The highest BCUT2D eigenvalue weighted by Gasteiger charge is 2.48.